The summed E-state index contributed by atoms with van der Waals surface area (Å²) in [5.41, 5.74) is 2.64. The summed E-state index contributed by atoms with van der Waals surface area (Å²) in [7, 11) is 0. The molecule has 1 aromatic rings. The maximum absolute atomic E-state index is 5.73. The summed E-state index contributed by atoms with van der Waals surface area (Å²) in [6.07, 6.45) is 0.656. The molecular weight excluding hydrogens is 210 g/mol. The molecule has 0 aromatic heterocycles. The molecule has 1 fully saturated rings. The monoisotopic (exact) mass is 235 g/mol. The second kappa shape index (κ2) is 6.65. The molecule has 0 spiro atoms. The molecule has 1 saturated heterocycles. The Balaban J connectivity index is 0.000000686. The van der Waals surface area contributed by atoms with E-state index < -0.39 is 0 Å². The number of hydrogen-bond donors (Lipinski definition) is 0. The molecule has 1 aliphatic rings. The van der Waals surface area contributed by atoms with Gasteiger partial charge in [-0.15, -0.1) is 0 Å². The molecule has 0 aliphatic carbocycles. The van der Waals surface area contributed by atoms with Gasteiger partial charge < -0.3 is 9.64 Å². The van der Waals surface area contributed by atoms with Crippen molar-refractivity contribution in [2.24, 2.45) is 0 Å². The van der Waals surface area contributed by atoms with Crippen molar-refractivity contribution in [3.63, 3.8) is 0 Å². The van der Waals surface area contributed by atoms with Crippen LogP contribution in [0.25, 0.3) is 0 Å². The minimum Gasteiger partial charge on any atom is -0.372 e. The molecule has 96 valence electrons. The van der Waals surface area contributed by atoms with Gasteiger partial charge in [-0.3, -0.25) is 0 Å². The molecule has 2 atom stereocenters. The zero-order valence-electron chi connectivity index (χ0n) is 11.7. The lowest BCUT2D eigenvalue weighted by Crippen LogP contribution is -2.45. The van der Waals surface area contributed by atoms with E-state index in [0.717, 1.165) is 13.1 Å². The lowest BCUT2D eigenvalue weighted by atomic mass is 10.1. The van der Waals surface area contributed by atoms with Crippen molar-refractivity contribution in [1.82, 2.24) is 0 Å². The Kier molecular flexibility index (Phi) is 5.49. The number of morpholine rings is 1. The van der Waals surface area contributed by atoms with Crippen LogP contribution >= 0.6 is 0 Å². The van der Waals surface area contributed by atoms with Gasteiger partial charge in [0, 0.05) is 18.8 Å². The van der Waals surface area contributed by atoms with Crippen molar-refractivity contribution in [2.45, 2.75) is 46.8 Å². The van der Waals surface area contributed by atoms with Crippen molar-refractivity contribution >= 4 is 5.69 Å². The summed E-state index contributed by atoms with van der Waals surface area (Å²) < 4.78 is 5.73. The summed E-state index contributed by atoms with van der Waals surface area (Å²) in [5, 5.41) is 0. The van der Waals surface area contributed by atoms with Gasteiger partial charge in [0.2, 0.25) is 0 Å². The SMILES string of the molecule is CC.Cc1cccc(N2CC(C)OC(C)C2)c1. The minimum atomic E-state index is 0.328. The number of rotatable bonds is 1. The van der Waals surface area contributed by atoms with Gasteiger partial charge >= 0.3 is 0 Å². The summed E-state index contributed by atoms with van der Waals surface area (Å²) in [6, 6.07) is 8.68. The first-order chi connectivity index (χ1) is 8.15. The van der Waals surface area contributed by atoms with Gasteiger partial charge in [0.05, 0.1) is 12.2 Å². The Morgan fingerprint density at radius 3 is 2.24 bits per heavy atom. The lowest BCUT2D eigenvalue weighted by molar-refractivity contribution is -0.00521. The van der Waals surface area contributed by atoms with Crippen molar-refractivity contribution in [2.75, 3.05) is 18.0 Å². The van der Waals surface area contributed by atoms with E-state index in [9.17, 15) is 0 Å². The number of benzene rings is 1. The zero-order valence-corrected chi connectivity index (χ0v) is 11.7. The standard InChI is InChI=1S/C13H19NO.C2H6/c1-10-5-4-6-13(7-10)14-8-11(2)15-12(3)9-14;1-2/h4-7,11-12H,8-9H2,1-3H3;1-2H3. The quantitative estimate of drug-likeness (QED) is 0.737. The molecule has 0 bridgehead atoms. The highest BCUT2D eigenvalue weighted by atomic mass is 16.5. The lowest BCUT2D eigenvalue weighted by Gasteiger charge is -2.37. The van der Waals surface area contributed by atoms with E-state index in [1.54, 1.807) is 0 Å². The van der Waals surface area contributed by atoms with Crippen LogP contribution in [0.1, 0.15) is 33.3 Å². The highest BCUT2D eigenvalue weighted by Crippen LogP contribution is 2.20. The summed E-state index contributed by atoms with van der Waals surface area (Å²) in [4.78, 5) is 2.41. The fourth-order valence-corrected chi connectivity index (χ4v) is 2.21. The van der Waals surface area contributed by atoms with E-state index in [2.05, 4.69) is 49.9 Å². The maximum Gasteiger partial charge on any atom is 0.0726 e. The van der Waals surface area contributed by atoms with Crippen LogP contribution in [-0.2, 0) is 4.74 Å². The van der Waals surface area contributed by atoms with Crippen molar-refractivity contribution in [1.29, 1.82) is 0 Å². The zero-order chi connectivity index (χ0) is 12.8. The van der Waals surface area contributed by atoms with Gasteiger partial charge in [0.15, 0.2) is 0 Å². The fraction of sp³-hybridized carbons (Fsp3) is 0.600. The third-order valence-electron chi connectivity index (χ3n) is 2.79. The molecule has 1 heterocycles. The average Bonchev–Trinajstić information content (AvgIpc) is 2.30. The van der Waals surface area contributed by atoms with E-state index >= 15 is 0 Å². The van der Waals surface area contributed by atoms with E-state index in [4.69, 9.17) is 4.74 Å². The molecule has 1 aromatic carbocycles. The predicted octanol–water partition coefficient (Wildman–Crippen LogP) is 3.63. The predicted molar refractivity (Wildman–Crippen MR) is 74.7 cm³/mol. The first-order valence-electron chi connectivity index (χ1n) is 6.62. The van der Waals surface area contributed by atoms with Crippen LogP contribution in [0, 0.1) is 6.92 Å². The van der Waals surface area contributed by atoms with Gasteiger partial charge in [-0.2, -0.15) is 0 Å². The van der Waals surface area contributed by atoms with Crippen LogP contribution < -0.4 is 4.90 Å². The molecule has 0 N–H and O–H groups in total. The Labute approximate surface area is 106 Å². The van der Waals surface area contributed by atoms with Gasteiger partial charge in [-0.1, -0.05) is 26.0 Å². The molecule has 2 nitrogen and oxygen atoms in total. The van der Waals surface area contributed by atoms with E-state index in [-0.39, 0.29) is 0 Å². The van der Waals surface area contributed by atoms with Crippen LogP contribution in [0.2, 0.25) is 0 Å². The van der Waals surface area contributed by atoms with Gasteiger partial charge in [0.25, 0.3) is 0 Å². The molecule has 17 heavy (non-hydrogen) atoms. The summed E-state index contributed by atoms with van der Waals surface area (Å²) >= 11 is 0. The number of hydrogen-bond acceptors (Lipinski definition) is 2. The first kappa shape index (κ1) is 14.0. The average molecular weight is 235 g/mol. The molecule has 0 amide bonds. The Hall–Kier alpha value is -1.02. The Morgan fingerprint density at radius 1 is 1.12 bits per heavy atom. The van der Waals surface area contributed by atoms with Crippen LogP contribution in [0.3, 0.4) is 0 Å². The van der Waals surface area contributed by atoms with Crippen molar-refractivity contribution in [3.05, 3.63) is 29.8 Å². The molecule has 2 unspecified atom stereocenters. The van der Waals surface area contributed by atoms with Crippen LogP contribution in [0.5, 0.6) is 0 Å². The Bertz CT molecular complexity index is 327. The van der Waals surface area contributed by atoms with Gasteiger partial charge in [0.1, 0.15) is 0 Å². The normalized spacial score (nSPS) is 23.9. The molecule has 1 aliphatic heterocycles. The number of anilines is 1. The largest absolute Gasteiger partial charge is 0.372 e. The van der Waals surface area contributed by atoms with E-state index in [1.165, 1.54) is 11.3 Å². The van der Waals surface area contributed by atoms with Crippen molar-refractivity contribution in [3.8, 4) is 0 Å². The second-order valence-corrected chi connectivity index (χ2v) is 4.50. The smallest absolute Gasteiger partial charge is 0.0726 e. The van der Waals surface area contributed by atoms with Gasteiger partial charge in [-0.05, 0) is 38.5 Å². The highest BCUT2D eigenvalue weighted by molar-refractivity contribution is 5.48. The van der Waals surface area contributed by atoms with Crippen LogP contribution in [-0.4, -0.2) is 25.3 Å². The Morgan fingerprint density at radius 2 is 1.71 bits per heavy atom. The van der Waals surface area contributed by atoms with Crippen molar-refractivity contribution < 1.29 is 4.74 Å². The molecular formula is C15H25NO. The summed E-state index contributed by atoms with van der Waals surface area (Å²) in [5.74, 6) is 0. The molecule has 0 saturated carbocycles. The topological polar surface area (TPSA) is 12.5 Å². The van der Waals surface area contributed by atoms with Crippen LogP contribution in [0.15, 0.2) is 24.3 Å². The number of aryl methyl sites for hydroxylation is 1. The van der Waals surface area contributed by atoms with Gasteiger partial charge in [-0.25, -0.2) is 0 Å². The van der Waals surface area contributed by atoms with E-state index in [1.807, 2.05) is 13.8 Å². The highest BCUT2D eigenvalue weighted by Gasteiger charge is 2.22. The summed E-state index contributed by atoms with van der Waals surface area (Å²) in [6.45, 7) is 12.4. The third kappa shape index (κ3) is 4.04. The molecule has 2 rings (SSSR count). The number of ether oxygens (including phenoxy) is 1. The second-order valence-electron chi connectivity index (χ2n) is 4.50. The third-order valence-corrected chi connectivity index (χ3v) is 2.79. The molecule has 2 heteroatoms. The van der Waals surface area contributed by atoms with Crippen LogP contribution in [0.4, 0.5) is 5.69 Å². The fourth-order valence-electron chi connectivity index (χ4n) is 2.21. The maximum atomic E-state index is 5.73. The first-order valence-corrected chi connectivity index (χ1v) is 6.62. The minimum absolute atomic E-state index is 0.328. The van der Waals surface area contributed by atoms with E-state index in [0.29, 0.717) is 12.2 Å². The molecule has 0 radical (unpaired) electrons. The number of nitrogens with zero attached hydrogens (tertiary/aromatic N) is 1.